The van der Waals surface area contributed by atoms with E-state index in [0.717, 1.165) is 12.0 Å². The zero-order valence-electron chi connectivity index (χ0n) is 28.7. The number of nitrogens with two attached hydrogens (primary N) is 1. The monoisotopic (exact) mass is 632 g/mol. The van der Waals surface area contributed by atoms with Gasteiger partial charge in [0.1, 0.15) is 18.7 Å². The minimum atomic E-state index is -0.941. The number of anilines is 1. The lowest BCUT2D eigenvalue weighted by Gasteiger charge is -2.26. The number of hydrogen-bond donors (Lipinski definition) is 5. The number of urea groups is 1. The van der Waals surface area contributed by atoms with Crippen LogP contribution in [0.4, 0.5) is 15.3 Å². The average Bonchev–Trinajstić information content (AvgIpc) is 2.93. The average molecular weight is 633 g/mol. The molecule has 6 N–H and O–H groups in total. The molecule has 6 amide bonds. The maximum Gasteiger partial charge on any atom is 0.409 e. The zero-order valence-corrected chi connectivity index (χ0v) is 28.7. The molecule has 12 heteroatoms. The fraction of sp³-hybridized carbons (Fsp3) is 0.667. The van der Waals surface area contributed by atoms with Gasteiger partial charge in [-0.1, -0.05) is 67.5 Å². The first kappa shape index (κ1) is 39.2. The molecule has 1 rings (SSSR count). The molecule has 0 radical (unpaired) electrons. The lowest BCUT2D eigenvalue weighted by atomic mass is 9.90. The second kappa shape index (κ2) is 18.2. The van der Waals surface area contributed by atoms with Gasteiger partial charge in [-0.15, -0.1) is 0 Å². The van der Waals surface area contributed by atoms with Crippen molar-refractivity contribution >= 4 is 35.5 Å². The molecule has 0 bridgehead atoms. The summed E-state index contributed by atoms with van der Waals surface area (Å²) in [6.45, 7) is 17.0. The SMILES string of the molecule is CC(C)[C@H](NC(=O)CCC(C)(C)C)C(=O)N[C@@H](CCCNC(N)=O)C(=O)Nc1ccc(COC(=O)N(C)CCC(C)(C)C)cc1. The fourth-order valence-corrected chi connectivity index (χ4v) is 4.08. The van der Waals surface area contributed by atoms with E-state index >= 15 is 0 Å². The summed E-state index contributed by atoms with van der Waals surface area (Å²) in [4.78, 5) is 64.2. The van der Waals surface area contributed by atoms with Gasteiger partial charge < -0.3 is 36.6 Å². The molecule has 12 nitrogen and oxygen atoms in total. The number of primary amides is 1. The highest BCUT2D eigenvalue weighted by atomic mass is 16.6. The standard InChI is InChI=1S/C33H56N6O6/c1-22(2)27(38-26(40)16-17-32(3,4)5)29(42)37-25(11-10-19-35-30(34)43)28(41)36-24-14-12-23(13-15-24)21-45-31(44)39(9)20-18-33(6,7)8/h12-15,22,25,27H,10-11,16-21H2,1-9H3,(H,36,41)(H,37,42)(H,38,40)(H3,34,35,43)/t25-,27-/m0/s1. The first-order valence-corrected chi connectivity index (χ1v) is 15.7. The lowest BCUT2D eigenvalue weighted by molar-refractivity contribution is -0.132. The van der Waals surface area contributed by atoms with Crippen LogP contribution in [0.1, 0.15) is 93.1 Å². The first-order chi connectivity index (χ1) is 20.8. The van der Waals surface area contributed by atoms with Gasteiger partial charge in [0.05, 0.1) is 0 Å². The minimum Gasteiger partial charge on any atom is -0.445 e. The number of benzene rings is 1. The van der Waals surface area contributed by atoms with Gasteiger partial charge >= 0.3 is 12.1 Å². The maximum atomic E-state index is 13.3. The van der Waals surface area contributed by atoms with Crippen LogP contribution in [-0.4, -0.2) is 67.0 Å². The molecule has 0 spiro atoms. The Morgan fingerprint density at radius 2 is 1.49 bits per heavy atom. The fourth-order valence-electron chi connectivity index (χ4n) is 4.08. The third kappa shape index (κ3) is 17.3. The van der Waals surface area contributed by atoms with Crippen molar-refractivity contribution in [1.82, 2.24) is 20.9 Å². The predicted octanol–water partition coefficient (Wildman–Crippen LogP) is 4.53. The van der Waals surface area contributed by atoms with Crippen LogP contribution in [0.2, 0.25) is 0 Å². The number of amides is 6. The predicted molar refractivity (Wildman–Crippen MR) is 176 cm³/mol. The van der Waals surface area contributed by atoms with Gasteiger partial charge in [0.15, 0.2) is 0 Å². The van der Waals surface area contributed by atoms with Crippen LogP contribution in [0.5, 0.6) is 0 Å². The molecule has 0 aliphatic carbocycles. The number of hydrogen-bond acceptors (Lipinski definition) is 6. The Hall–Kier alpha value is -3.83. The van der Waals surface area contributed by atoms with E-state index in [9.17, 15) is 24.0 Å². The van der Waals surface area contributed by atoms with E-state index in [0.29, 0.717) is 25.1 Å². The summed E-state index contributed by atoms with van der Waals surface area (Å²) in [7, 11) is 1.70. The molecular formula is C33H56N6O6. The highest BCUT2D eigenvalue weighted by Crippen LogP contribution is 2.21. The summed E-state index contributed by atoms with van der Waals surface area (Å²) in [5.41, 5.74) is 6.46. The molecule has 0 saturated carbocycles. The summed E-state index contributed by atoms with van der Waals surface area (Å²) in [6, 6.07) is 4.40. The molecule has 1 aromatic carbocycles. The second-order valence-corrected chi connectivity index (χ2v) is 14.3. The zero-order chi connectivity index (χ0) is 34.4. The van der Waals surface area contributed by atoms with Gasteiger partial charge in [-0.2, -0.15) is 0 Å². The topological polar surface area (TPSA) is 172 Å². The van der Waals surface area contributed by atoms with Crippen LogP contribution < -0.4 is 27.0 Å². The number of carbonyl (C=O) groups excluding carboxylic acids is 5. The molecule has 0 aliphatic rings. The van der Waals surface area contributed by atoms with Crippen molar-refractivity contribution in [2.45, 2.75) is 106 Å². The van der Waals surface area contributed by atoms with E-state index in [1.807, 2.05) is 34.6 Å². The molecule has 0 aliphatic heterocycles. The highest BCUT2D eigenvalue weighted by molar-refractivity contribution is 5.98. The Labute approximate surface area is 269 Å². The molecule has 2 atom stereocenters. The van der Waals surface area contributed by atoms with Gasteiger partial charge in [0.2, 0.25) is 17.7 Å². The van der Waals surface area contributed by atoms with E-state index in [1.54, 1.807) is 36.2 Å². The number of nitrogens with one attached hydrogen (secondary N) is 4. The Morgan fingerprint density at radius 1 is 0.889 bits per heavy atom. The highest BCUT2D eigenvalue weighted by Gasteiger charge is 2.29. The van der Waals surface area contributed by atoms with Crippen molar-refractivity contribution in [2.75, 3.05) is 25.5 Å². The Kier molecular flexibility index (Phi) is 15.9. The molecule has 1 aromatic rings. The molecule has 0 fully saturated rings. The van der Waals surface area contributed by atoms with Crippen LogP contribution in [-0.2, 0) is 25.7 Å². The summed E-state index contributed by atoms with van der Waals surface area (Å²) in [5.74, 6) is -1.37. The van der Waals surface area contributed by atoms with Crippen molar-refractivity contribution < 1.29 is 28.7 Å². The molecule has 0 heterocycles. The number of nitrogens with zero attached hydrogens (tertiary/aromatic N) is 1. The minimum absolute atomic E-state index is 0.0274. The molecule has 45 heavy (non-hydrogen) atoms. The van der Waals surface area contributed by atoms with Gasteiger partial charge in [0.25, 0.3) is 0 Å². The normalized spacial score (nSPS) is 12.9. The summed E-state index contributed by atoms with van der Waals surface area (Å²) in [5, 5.41) is 10.9. The number of ether oxygens (including phenoxy) is 1. The quantitative estimate of drug-likeness (QED) is 0.168. The first-order valence-electron chi connectivity index (χ1n) is 15.7. The molecule has 0 aromatic heterocycles. The van der Waals surface area contributed by atoms with Gasteiger partial charge in [-0.25, -0.2) is 9.59 Å². The Balaban J connectivity index is 2.87. The van der Waals surface area contributed by atoms with Crippen molar-refractivity contribution in [2.24, 2.45) is 22.5 Å². The Bertz CT molecular complexity index is 1120. The van der Waals surface area contributed by atoms with Crippen LogP contribution in [0.15, 0.2) is 24.3 Å². The summed E-state index contributed by atoms with van der Waals surface area (Å²) in [6.07, 6.45) is 1.98. The van der Waals surface area contributed by atoms with Crippen LogP contribution >= 0.6 is 0 Å². The van der Waals surface area contributed by atoms with E-state index in [1.165, 1.54) is 0 Å². The van der Waals surface area contributed by atoms with Crippen molar-refractivity contribution in [3.63, 3.8) is 0 Å². The van der Waals surface area contributed by atoms with Crippen LogP contribution in [0.3, 0.4) is 0 Å². The Morgan fingerprint density at radius 3 is 2.02 bits per heavy atom. The van der Waals surface area contributed by atoms with Crippen LogP contribution in [0.25, 0.3) is 0 Å². The van der Waals surface area contributed by atoms with Crippen molar-refractivity contribution in [3.8, 4) is 0 Å². The summed E-state index contributed by atoms with van der Waals surface area (Å²) < 4.78 is 5.41. The second-order valence-electron chi connectivity index (χ2n) is 14.3. The van der Waals surface area contributed by atoms with E-state index in [-0.39, 0.29) is 48.6 Å². The third-order valence-corrected chi connectivity index (χ3v) is 7.06. The molecule has 0 saturated heterocycles. The van der Waals surface area contributed by atoms with Crippen LogP contribution in [0, 0.1) is 16.7 Å². The van der Waals surface area contributed by atoms with Crippen molar-refractivity contribution in [1.29, 1.82) is 0 Å². The van der Waals surface area contributed by atoms with E-state index in [2.05, 4.69) is 42.0 Å². The van der Waals surface area contributed by atoms with Gasteiger partial charge in [-0.05, 0) is 60.1 Å². The van der Waals surface area contributed by atoms with E-state index < -0.39 is 36.0 Å². The number of rotatable bonds is 16. The molecular weight excluding hydrogens is 576 g/mol. The molecule has 0 unspecified atom stereocenters. The summed E-state index contributed by atoms with van der Waals surface area (Å²) >= 11 is 0. The van der Waals surface area contributed by atoms with Gasteiger partial charge in [-0.3, -0.25) is 14.4 Å². The molecule has 254 valence electrons. The van der Waals surface area contributed by atoms with E-state index in [4.69, 9.17) is 10.5 Å². The van der Waals surface area contributed by atoms with Crippen molar-refractivity contribution in [3.05, 3.63) is 29.8 Å². The third-order valence-electron chi connectivity index (χ3n) is 7.06. The van der Waals surface area contributed by atoms with Gasteiger partial charge in [0, 0.05) is 32.2 Å². The number of carbonyl (C=O) groups is 5. The lowest BCUT2D eigenvalue weighted by Crippen LogP contribution is -2.54. The smallest absolute Gasteiger partial charge is 0.409 e. The largest absolute Gasteiger partial charge is 0.445 e. The maximum absolute atomic E-state index is 13.3.